The van der Waals surface area contributed by atoms with Crippen molar-refractivity contribution in [3.8, 4) is 0 Å². The summed E-state index contributed by atoms with van der Waals surface area (Å²) in [6.07, 6.45) is 0. The number of aromatic nitrogens is 2. The Kier molecular flexibility index (Phi) is 2.06. The van der Waals surface area contributed by atoms with Crippen molar-refractivity contribution < 1.29 is 4.39 Å². The maximum Gasteiger partial charge on any atom is 0.224 e. The summed E-state index contributed by atoms with van der Waals surface area (Å²) in [5.41, 5.74) is 0.407. The number of benzene rings is 1. The van der Waals surface area contributed by atoms with Gasteiger partial charge in [-0.3, -0.25) is 0 Å². The van der Waals surface area contributed by atoms with Crippen LogP contribution >= 0.6 is 23.2 Å². The summed E-state index contributed by atoms with van der Waals surface area (Å²) in [5.74, 6) is -0.445. The fourth-order valence-electron chi connectivity index (χ4n) is 1.07. The van der Waals surface area contributed by atoms with E-state index in [2.05, 4.69) is 9.97 Å². The number of hydrogen-bond donors (Lipinski definition) is 0. The van der Waals surface area contributed by atoms with Crippen molar-refractivity contribution in [2.24, 2.45) is 0 Å². The molecule has 1 aromatic heterocycles. The standard InChI is InChI=1S/C8H3Cl2FN2/c9-7-6-4(11)2-1-3-5(6)12-8(10)13-7/h1-3H. The summed E-state index contributed by atoms with van der Waals surface area (Å²) in [6.45, 7) is 0. The highest BCUT2D eigenvalue weighted by molar-refractivity contribution is 6.35. The molecule has 13 heavy (non-hydrogen) atoms. The molecule has 0 amide bonds. The monoisotopic (exact) mass is 216 g/mol. The lowest BCUT2D eigenvalue weighted by atomic mass is 10.2. The average molecular weight is 217 g/mol. The summed E-state index contributed by atoms with van der Waals surface area (Å²) < 4.78 is 13.2. The Bertz CT molecular complexity index is 473. The third-order valence-electron chi connectivity index (χ3n) is 1.60. The van der Waals surface area contributed by atoms with Crippen LogP contribution in [0.25, 0.3) is 10.9 Å². The van der Waals surface area contributed by atoms with E-state index in [4.69, 9.17) is 23.2 Å². The second kappa shape index (κ2) is 3.09. The summed E-state index contributed by atoms with van der Waals surface area (Å²) in [5, 5.41) is 0.254. The van der Waals surface area contributed by atoms with E-state index in [0.29, 0.717) is 5.52 Å². The van der Waals surface area contributed by atoms with Crippen LogP contribution in [0.3, 0.4) is 0 Å². The van der Waals surface area contributed by atoms with E-state index in [9.17, 15) is 4.39 Å². The molecule has 1 aromatic carbocycles. The van der Waals surface area contributed by atoms with E-state index in [1.54, 1.807) is 6.07 Å². The molecule has 0 saturated heterocycles. The van der Waals surface area contributed by atoms with Gasteiger partial charge in [0.15, 0.2) is 0 Å². The van der Waals surface area contributed by atoms with E-state index >= 15 is 0 Å². The molecule has 0 fully saturated rings. The van der Waals surface area contributed by atoms with Crippen LogP contribution in [0.15, 0.2) is 18.2 Å². The van der Waals surface area contributed by atoms with E-state index in [1.165, 1.54) is 12.1 Å². The van der Waals surface area contributed by atoms with Gasteiger partial charge in [-0.15, -0.1) is 0 Å². The molecular weight excluding hydrogens is 214 g/mol. The van der Waals surface area contributed by atoms with E-state index in [1.807, 2.05) is 0 Å². The normalized spacial score (nSPS) is 10.7. The fourth-order valence-corrected chi connectivity index (χ4v) is 1.56. The summed E-state index contributed by atoms with van der Waals surface area (Å²) >= 11 is 11.2. The van der Waals surface area contributed by atoms with Crippen molar-refractivity contribution in [3.05, 3.63) is 34.5 Å². The lowest BCUT2D eigenvalue weighted by molar-refractivity contribution is 0.639. The molecule has 0 radical (unpaired) electrons. The van der Waals surface area contributed by atoms with Gasteiger partial charge in [0.1, 0.15) is 11.0 Å². The van der Waals surface area contributed by atoms with Gasteiger partial charge in [0.2, 0.25) is 5.28 Å². The van der Waals surface area contributed by atoms with Crippen molar-refractivity contribution in [2.75, 3.05) is 0 Å². The fraction of sp³-hybridized carbons (Fsp3) is 0. The van der Waals surface area contributed by atoms with Gasteiger partial charge in [-0.25, -0.2) is 14.4 Å². The van der Waals surface area contributed by atoms with Crippen LogP contribution in [0.2, 0.25) is 10.4 Å². The molecule has 66 valence electrons. The molecule has 0 unspecified atom stereocenters. The third-order valence-corrected chi connectivity index (χ3v) is 2.04. The smallest absolute Gasteiger partial charge is 0.218 e. The molecule has 0 aliphatic rings. The molecule has 5 heteroatoms. The first-order valence-electron chi connectivity index (χ1n) is 3.46. The topological polar surface area (TPSA) is 25.8 Å². The number of rotatable bonds is 0. The maximum absolute atomic E-state index is 13.2. The Morgan fingerprint density at radius 1 is 1.15 bits per heavy atom. The highest BCUT2D eigenvalue weighted by atomic mass is 35.5. The first-order chi connectivity index (χ1) is 6.18. The molecule has 0 atom stereocenters. The van der Waals surface area contributed by atoms with Gasteiger partial charge in [-0.2, -0.15) is 0 Å². The van der Waals surface area contributed by atoms with Crippen LogP contribution in [0.1, 0.15) is 0 Å². The first-order valence-corrected chi connectivity index (χ1v) is 4.21. The van der Waals surface area contributed by atoms with Crippen LogP contribution in [0.5, 0.6) is 0 Å². The number of hydrogen-bond acceptors (Lipinski definition) is 2. The molecule has 2 nitrogen and oxygen atoms in total. The minimum absolute atomic E-state index is 0.0168. The molecule has 0 N–H and O–H groups in total. The highest BCUT2D eigenvalue weighted by Crippen LogP contribution is 2.24. The van der Waals surface area contributed by atoms with Gasteiger partial charge < -0.3 is 0 Å². The lowest BCUT2D eigenvalue weighted by Gasteiger charge is -2.00. The Morgan fingerprint density at radius 3 is 2.69 bits per heavy atom. The maximum atomic E-state index is 13.2. The largest absolute Gasteiger partial charge is 0.224 e. The molecule has 2 rings (SSSR count). The third kappa shape index (κ3) is 1.45. The Labute approximate surface area is 83.3 Å². The van der Waals surface area contributed by atoms with Gasteiger partial charge in [0.05, 0.1) is 10.9 Å². The zero-order valence-electron chi connectivity index (χ0n) is 6.26. The van der Waals surface area contributed by atoms with Crippen LogP contribution in [0.4, 0.5) is 4.39 Å². The van der Waals surface area contributed by atoms with E-state index in [0.717, 1.165) is 0 Å². The zero-order valence-corrected chi connectivity index (χ0v) is 7.77. The SMILES string of the molecule is Fc1cccc2nc(Cl)nc(Cl)c12. The molecule has 0 aliphatic heterocycles. The Balaban J connectivity index is 2.94. The second-order valence-corrected chi connectivity index (χ2v) is 3.11. The molecule has 2 aromatic rings. The van der Waals surface area contributed by atoms with Crippen molar-refractivity contribution in [2.45, 2.75) is 0 Å². The second-order valence-electron chi connectivity index (χ2n) is 2.42. The average Bonchev–Trinajstić information content (AvgIpc) is 2.02. The quantitative estimate of drug-likeness (QED) is 0.500. The van der Waals surface area contributed by atoms with Crippen LogP contribution in [0, 0.1) is 5.82 Å². The van der Waals surface area contributed by atoms with Gasteiger partial charge in [0.25, 0.3) is 0 Å². The summed E-state index contributed by atoms with van der Waals surface area (Å²) in [4.78, 5) is 7.47. The predicted molar refractivity (Wildman–Crippen MR) is 49.5 cm³/mol. The molecule has 1 heterocycles. The minimum Gasteiger partial charge on any atom is -0.218 e. The number of fused-ring (bicyclic) bond motifs is 1. The van der Waals surface area contributed by atoms with Crippen LogP contribution < -0.4 is 0 Å². The Morgan fingerprint density at radius 2 is 1.92 bits per heavy atom. The van der Waals surface area contributed by atoms with Crippen molar-refractivity contribution >= 4 is 34.1 Å². The molecule has 0 saturated carbocycles. The number of halogens is 3. The molecule has 0 bridgehead atoms. The van der Waals surface area contributed by atoms with Crippen molar-refractivity contribution in [1.29, 1.82) is 0 Å². The van der Waals surface area contributed by atoms with Crippen LogP contribution in [-0.2, 0) is 0 Å². The van der Waals surface area contributed by atoms with Gasteiger partial charge in [-0.1, -0.05) is 17.7 Å². The summed E-state index contributed by atoms with van der Waals surface area (Å²) in [7, 11) is 0. The Hall–Kier alpha value is -0.930. The zero-order chi connectivity index (χ0) is 9.42. The molecule has 0 aliphatic carbocycles. The van der Waals surface area contributed by atoms with Gasteiger partial charge >= 0.3 is 0 Å². The van der Waals surface area contributed by atoms with Crippen molar-refractivity contribution in [3.63, 3.8) is 0 Å². The van der Waals surface area contributed by atoms with Gasteiger partial charge in [0, 0.05) is 0 Å². The van der Waals surface area contributed by atoms with Crippen molar-refractivity contribution in [1.82, 2.24) is 9.97 Å². The van der Waals surface area contributed by atoms with Gasteiger partial charge in [-0.05, 0) is 23.7 Å². The van der Waals surface area contributed by atoms with E-state index < -0.39 is 5.82 Å². The number of nitrogens with zero attached hydrogens (tertiary/aromatic N) is 2. The predicted octanol–water partition coefficient (Wildman–Crippen LogP) is 3.08. The first kappa shape index (κ1) is 8.66. The van der Waals surface area contributed by atoms with E-state index in [-0.39, 0.29) is 15.8 Å². The highest BCUT2D eigenvalue weighted by Gasteiger charge is 2.08. The molecule has 0 spiro atoms. The van der Waals surface area contributed by atoms with Crippen LogP contribution in [-0.4, -0.2) is 9.97 Å². The minimum atomic E-state index is -0.445. The molecular formula is C8H3Cl2FN2. The lowest BCUT2D eigenvalue weighted by Crippen LogP contribution is -1.89. The summed E-state index contributed by atoms with van der Waals surface area (Å²) in [6, 6.07) is 4.46.